The Bertz CT molecular complexity index is 1010. The molecular weight excluding hydrogens is 310 g/mol. The maximum absolute atomic E-state index is 12.3. The van der Waals surface area contributed by atoms with Crippen molar-refractivity contribution in [1.29, 1.82) is 0 Å². The average Bonchev–Trinajstić information content (AvgIpc) is 3.05. The van der Waals surface area contributed by atoms with E-state index in [0.717, 1.165) is 27.6 Å². The minimum absolute atomic E-state index is 0.0790. The Hall–Kier alpha value is -3.40. The van der Waals surface area contributed by atoms with Crippen LogP contribution in [0, 0.1) is 0 Å². The summed E-state index contributed by atoms with van der Waals surface area (Å²) in [4.78, 5) is 12.3. The molecular formula is C21H17N3O. The highest BCUT2D eigenvalue weighted by atomic mass is 16.1. The number of aromatic nitrogens is 2. The minimum Gasteiger partial charge on any atom is -0.308 e. The van der Waals surface area contributed by atoms with Crippen LogP contribution in [-0.2, 0) is 11.2 Å². The van der Waals surface area contributed by atoms with Crippen molar-refractivity contribution in [3.8, 4) is 11.1 Å². The molecule has 1 aromatic heterocycles. The number of hydrogen-bond acceptors (Lipinski definition) is 2. The quantitative estimate of drug-likeness (QED) is 0.583. The summed E-state index contributed by atoms with van der Waals surface area (Å²) in [5, 5.41) is 11.0. The molecule has 0 bridgehead atoms. The van der Waals surface area contributed by atoms with Gasteiger partial charge in [-0.25, -0.2) is 0 Å². The van der Waals surface area contributed by atoms with Crippen molar-refractivity contribution in [3.63, 3.8) is 0 Å². The van der Waals surface area contributed by atoms with Crippen molar-refractivity contribution in [3.05, 3.63) is 84.4 Å². The number of nitrogens with zero attached hydrogens (tertiary/aromatic N) is 1. The Labute approximate surface area is 145 Å². The number of amides is 1. The lowest BCUT2D eigenvalue weighted by Crippen LogP contribution is -2.14. The zero-order chi connectivity index (χ0) is 17.1. The maximum Gasteiger partial charge on any atom is 0.230 e. The van der Waals surface area contributed by atoms with E-state index >= 15 is 0 Å². The number of rotatable bonds is 4. The van der Waals surface area contributed by atoms with E-state index in [9.17, 15) is 4.79 Å². The fraction of sp³-hybridized carbons (Fsp3) is 0.0476. The summed E-state index contributed by atoms with van der Waals surface area (Å²) in [6, 6.07) is 25.9. The third-order valence-corrected chi connectivity index (χ3v) is 4.14. The standard InChI is InChI=1S/C21H17N3O/c25-20(13-15-7-3-1-4-8-15)22-21-18-14-17(11-12-19(18)23-24-21)16-9-5-2-6-10-16/h1-12,14H,13H2,(H2,22,23,24,25). The molecule has 1 heterocycles. The van der Waals surface area contributed by atoms with Gasteiger partial charge in [0.05, 0.1) is 11.9 Å². The van der Waals surface area contributed by atoms with Crippen LogP contribution < -0.4 is 5.32 Å². The Morgan fingerprint density at radius 1 is 0.880 bits per heavy atom. The molecule has 4 aromatic rings. The molecule has 0 unspecified atom stereocenters. The van der Waals surface area contributed by atoms with Gasteiger partial charge in [-0.05, 0) is 28.8 Å². The lowest BCUT2D eigenvalue weighted by atomic mass is 10.0. The van der Waals surface area contributed by atoms with E-state index in [-0.39, 0.29) is 5.91 Å². The molecule has 0 saturated heterocycles. The van der Waals surface area contributed by atoms with E-state index in [0.29, 0.717) is 12.2 Å². The highest BCUT2D eigenvalue weighted by Gasteiger charge is 2.11. The summed E-state index contributed by atoms with van der Waals surface area (Å²) < 4.78 is 0. The number of aromatic amines is 1. The molecule has 4 nitrogen and oxygen atoms in total. The van der Waals surface area contributed by atoms with Crippen LogP contribution in [0.25, 0.3) is 22.0 Å². The normalized spacial score (nSPS) is 10.7. The SMILES string of the molecule is O=C(Cc1ccccc1)Nc1n[nH]c2ccc(-c3ccccc3)cc12. The summed E-state index contributed by atoms with van der Waals surface area (Å²) in [6.07, 6.45) is 0.327. The van der Waals surface area contributed by atoms with E-state index < -0.39 is 0 Å². The van der Waals surface area contributed by atoms with Gasteiger partial charge in [0.15, 0.2) is 5.82 Å². The largest absolute Gasteiger partial charge is 0.308 e. The Balaban J connectivity index is 1.60. The van der Waals surface area contributed by atoms with Gasteiger partial charge < -0.3 is 5.32 Å². The number of fused-ring (bicyclic) bond motifs is 1. The molecule has 0 aliphatic rings. The van der Waals surface area contributed by atoms with Crippen LogP contribution in [0.3, 0.4) is 0 Å². The monoisotopic (exact) mass is 327 g/mol. The summed E-state index contributed by atoms with van der Waals surface area (Å²) in [5.41, 5.74) is 4.10. The second kappa shape index (κ2) is 6.61. The molecule has 122 valence electrons. The van der Waals surface area contributed by atoms with Crippen molar-refractivity contribution in [2.24, 2.45) is 0 Å². The average molecular weight is 327 g/mol. The number of carbonyl (C=O) groups is 1. The number of anilines is 1. The molecule has 25 heavy (non-hydrogen) atoms. The number of hydrogen-bond donors (Lipinski definition) is 2. The molecule has 0 fully saturated rings. The van der Waals surface area contributed by atoms with Crippen LogP contribution in [0.15, 0.2) is 78.9 Å². The molecule has 4 heteroatoms. The van der Waals surface area contributed by atoms with Gasteiger partial charge in [0.1, 0.15) is 0 Å². The van der Waals surface area contributed by atoms with Crippen molar-refractivity contribution in [2.45, 2.75) is 6.42 Å². The van der Waals surface area contributed by atoms with Crippen LogP contribution in [-0.4, -0.2) is 16.1 Å². The summed E-state index contributed by atoms with van der Waals surface area (Å²) in [6.45, 7) is 0. The van der Waals surface area contributed by atoms with Gasteiger partial charge in [-0.15, -0.1) is 0 Å². The highest BCUT2D eigenvalue weighted by molar-refractivity contribution is 6.01. The van der Waals surface area contributed by atoms with Gasteiger partial charge in [0.25, 0.3) is 0 Å². The number of carbonyl (C=O) groups excluding carboxylic acids is 1. The molecule has 0 atom stereocenters. The summed E-state index contributed by atoms with van der Waals surface area (Å²) in [7, 11) is 0. The van der Waals surface area contributed by atoms with Gasteiger partial charge in [-0.3, -0.25) is 9.89 Å². The third kappa shape index (κ3) is 3.28. The zero-order valence-electron chi connectivity index (χ0n) is 13.6. The number of benzene rings is 3. The molecule has 0 aliphatic heterocycles. The minimum atomic E-state index is -0.0790. The topological polar surface area (TPSA) is 57.8 Å². The summed E-state index contributed by atoms with van der Waals surface area (Å²) >= 11 is 0. The molecule has 4 rings (SSSR count). The Morgan fingerprint density at radius 2 is 1.60 bits per heavy atom. The van der Waals surface area contributed by atoms with Crippen molar-refractivity contribution < 1.29 is 4.79 Å². The predicted molar refractivity (Wildman–Crippen MR) is 100 cm³/mol. The predicted octanol–water partition coefficient (Wildman–Crippen LogP) is 4.41. The van der Waals surface area contributed by atoms with Crippen LogP contribution in [0.5, 0.6) is 0 Å². The van der Waals surface area contributed by atoms with Crippen LogP contribution >= 0.6 is 0 Å². The first-order valence-electron chi connectivity index (χ1n) is 8.17. The van der Waals surface area contributed by atoms with E-state index in [1.165, 1.54) is 0 Å². The molecule has 0 saturated carbocycles. The van der Waals surface area contributed by atoms with Crippen molar-refractivity contribution in [2.75, 3.05) is 5.32 Å². The molecule has 0 radical (unpaired) electrons. The fourth-order valence-corrected chi connectivity index (χ4v) is 2.88. The van der Waals surface area contributed by atoms with Gasteiger partial charge in [0.2, 0.25) is 5.91 Å². The second-order valence-electron chi connectivity index (χ2n) is 5.91. The van der Waals surface area contributed by atoms with Gasteiger partial charge >= 0.3 is 0 Å². The first-order chi connectivity index (χ1) is 12.3. The smallest absolute Gasteiger partial charge is 0.230 e. The van der Waals surface area contributed by atoms with Crippen molar-refractivity contribution in [1.82, 2.24) is 10.2 Å². The lowest BCUT2D eigenvalue weighted by Gasteiger charge is -2.04. The Morgan fingerprint density at radius 3 is 2.36 bits per heavy atom. The first-order valence-corrected chi connectivity index (χ1v) is 8.17. The van der Waals surface area contributed by atoms with E-state index in [1.54, 1.807) is 0 Å². The molecule has 3 aromatic carbocycles. The number of nitrogens with one attached hydrogen (secondary N) is 2. The fourth-order valence-electron chi connectivity index (χ4n) is 2.88. The number of H-pyrrole nitrogens is 1. The Kier molecular flexibility index (Phi) is 4.01. The summed E-state index contributed by atoms with van der Waals surface area (Å²) in [5.74, 6) is 0.485. The molecule has 0 aliphatic carbocycles. The first kappa shape index (κ1) is 15.1. The molecule has 2 N–H and O–H groups in total. The van der Waals surface area contributed by atoms with Crippen LogP contribution in [0.2, 0.25) is 0 Å². The second-order valence-corrected chi connectivity index (χ2v) is 5.91. The van der Waals surface area contributed by atoms with E-state index in [2.05, 4.69) is 27.6 Å². The maximum atomic E-state index is 12.3. The van der Waals surface area contributed by atoms with E-state index in [1.807, 2.05) is 66.7 Å². The third-order valence-electron chi connectivity index (χ3n) is 4.14. The van der Waals surface area contributed by atoms with Crippen LogP contribution in [0.4, 0.5) is 5.82 Å². The molecule has 0 spiro atoms. The van der Waals surface area contributed by atoms with E-state index in [4.69, 9.17) is 0 Å². The van der Waals surface area contributed by atoms with Gasteiger partial charge in [-0.1, -0.05) is 66.7 Å². The zero-order valence-corrected chi connectivity index (χ0v) is 13.6. The molecule has 1 amide bonds. The van der Waals surface area contributed by atoms with Crippen molar-refractivity contribution >= 4 is 22.6 Å². The van der Waals surface area contributed by atoms with Gasteiger partial charge in [-0.2, -0.15) is 5.10 Å². The lowest BCUT2D eigenvalue weighted by molar-refractivity contribution is -0.115. The van der Waals surface area contributed by atoms with Crippen LogP contribution in [0.1, 0.15) is 5.56 Å². The highest BCUT2D eigenvalue weighted by Crippen LogP contribution is 2.27. The van der Waals surface area contributed by atoms with Gasteiger partial charge in [0, 0.05) is 5.39 Å².